The predicted octanol–water partition coefficient (Wildman–Crippen LogP) is 2.03. The number of carbonyl (C=O) groups is 3. The lowest BCUT2D eigenvalue weighted by molar-refractivity contribution is -0.151. The highest BCUT2D eigenvalue weighted by atomic mass is 16.4. The Morgan fingerprint density at radius 1 is 0.731 bits per heavy atom. The number of carbonyl (C=O) groups excluding carboxylic acids is 1. The van der Waals surface area contributed by atoms with Crippen LogP contribution in [0.5, 0.6) is 0 Å². The van der Waals surface area contributed by atoms with Gasteiger partial charge in [0.25, 0.3) is 0 Å². The average Bonchev–Trinajstić information content (AvgIpc) is 2.90. The van der Waals surface area contributed by atoms with Crippen molar-refractivity contribution in [3.8, 4) is 0 Å². The summed E-state index contributed by atoms with van der Waals surface area (Å²) in [5.41, 5.74) is 1.47. The Balaban J connectivity index is 1.94. The second-order valence-corrected chi connectivity index (χ2v) is 6.08. The molecule has 1 saturated heterocycles. The molecular formula is C19H18N2O5. The monoisotopic (exact) mass is 354 g/mol. The minimum absolute atomic E-state index is 0.0334. The van der Waals surface area contributed by atoms with Crippen molar-refractivity contribution in [2.45, 2.75) is 25.2 Å². The van der Waals surface area contributed by atoms with Crippen molar-refractivity contribution in [2.75, 3.05) is 0 Å². The topological polar surface area (TPSA) is 98.1 Å². The summed E-state index contributed by atoms with van der Waals surface area (Å²) >= 11 is 0. The molecule has 2 N–H and O–H groups in total. The van der Waals surface area contributed by atoms with Crippen LogP contribution < -0.4 is 0 Å². The summed E-state index contributed by atoms with van der Waals surface area (Å²) < 4.78 is 0. The van der Waals surface area contributed by atoms with Crippen LogP contribution in [0.1, 0.15) is 11.1 Å². The van der Waals surface area contributed by atoms with E-state index < -0.39 is 30.1 Å². The van der Waals surface area contributed by atoms with Crippen molar-refractivity contribution in [1.29, 1.82) is 0 Å². The van der Waals surface area contributed by atoms with Crippen LogP contribution in [0.2, 0.25) is 0 Å². The standard InChI is InChI=1S/C19H18N2O5/c22-17(23)15-16(18(24)25)21(12-14-9-5-2-6-10-14)19(26)20(15)11-13-7-3-1-4-8-13/h1-10,15-16H,11-12H2,(H,22,23)(H,24,25). The molecule has 26 heavy (non-hydrogen) atoms. The normalized spacial score (nSPS) is 19.6. The fourth-order valence-corrected chi connectivity index (χ4v) is 3.17. The number of benzene rings is 2. The fourth-order valence-electron chi connectivity index (χ4n) is 3.17. The van der Waals surface area contributed by atoms with E-state index in [0.29, 0.717) is 0 Å². The highest BCUT2D eigenvalue weighted by Crippen LogP contribution is 2.27. The summed E-state index contributed by atoms with van der Waals surface area (Å²) in [4.78, 5) is 38.6. The zero-order valence-electron chi connectivity index (χ0n) is 13.9. The Morgan fingerprint density at radius 3 is 1.38 bits per heavy atom. The lowest BCUT2D eigenvalue weighted by atomic mass is 10.1. The zero-order chi connectivity index (χ0) is 18.7. The third kappa shape index (κ3) is 3.37. The summed E-state index contributed by atoms with van der Waals surface area (Å²) in [6.45, 7) is 0.0669. The molecule has 2 atom stereocenters. The predicted molar refractivity (Wildman–Crippen MR) is 92.2 cm³/mol. The second-order valence-electron chi connectivity index (χ2n) is 6.08. The molecule has 0 aliphatic carbocycles. The molecule has 7 heteroatoms. The second kappa shape index (κ2) is 7.26. The van der Waals surface area contributed by atoms with Crippen molar-refractivity contribution in [3.63, 3.8) is 0 Å². The van der Waals surface area contributed by atoms with Gasteiger partial charge in [-0.15, -0.1) is 0 Å². The molecule has 0 spiro atoms. The van der Waals surface area contributed by atoms with Crippen molar-refractivity contribution < 1.29 is 24.6 Å². The zero-order valence-corrected chi connectivity index (χ0v) is 13.9. The Labute approximate surface area is 150 Å². The van der Waals surface area contributed by atoms with Gasteiger partial charge >= 0.3 is 18.0 Å². The number of nitrogens with zero attached hydrogens (tertiary/aromatic N) is 2. The maximum Gasteiger partial charge on any atom is 0.329 e. The number of aliphatic carboxylic acids is 2. The smallest absolute Gasteiger partial charge is 0.329 e. The van der Waals surface area contributed by atoms with E-state index in [-0.39, 0.29) is 13.1 Å². The molecule has 0 aromatic heterocycles. The molecule has 2 aromatic rings. The van der Waals surface area contributed by atoms with Gasteiger partial charge in [0.1, 0.15) is 0 Å². The molecule has 7 nitrogen and oxygen atoms in total. The van der Waals surface area contributed by atoms with Crippen molar-refractivity contribution in [3.05, 3.63) is 71.8 Å². The summed E-state index contributed by atoms with van der Waals surface area (Å²) in [6, 6.07) is 14.3. The summed E-state index contributed by atoms with van der Waals surface area (Å²) in [5.74, 6) is -2.67. The largest absolute Gasteiger partial charge is 0.480 e. The van der Waals surface area contributed by atoms with Crippen LogP contribution in [-0.4, -0.2) is 50.1 Å². The maximum atomic E-state index is 12.9. The Hall–Kier alpha value is -3.35. The molecule has 1 aliphatic rings. The summed E-state index contributed by atoms with van der Waals surface area (Å²) in [5, 5.41) is 19.2. The fraction of sp³-hybridized carbons (Fsp3) is 0.211. The number of carboxylic acid groups (broad SMARTS) is 2. The van der Waals surface area contributed by atoms with Crippen molar-refractivity contribution in [1.82, 2.24) is 9.80 Å². The molecule has 134 valence electrons. The molecule has 2 amide bonds. The van der Waals surface area contributed by atoms with E-state index in [1.807, 2.05) is 12.1 Å². The number of rotatable bonds is 6. The van der Waals surface area contributed by atoms with Gasteiger partial charge in [-0.3, -0.25) is 0 Å². The number of hydrogen-bond donors (Lipinski definition) is 2. The molecule has 1 heterocycles. The van der Waals surface area contributed by atoms with Crippen LogP contribution in [0, 0.1) is 0 Å². The molecule has 3 rings (SSSR count). The first-order chi connectivity index (χ1) is 12.5. The van der Waals surface area contributed by atoms with Crippen LogP contribution in [0.25, 0.3) is 0 Å². The van der Waals surface area contributed by atoms with E-state index in [1.165, 1.54) is 0 Å². The van der Waals surface area contributed by atoms with Crippen molar-refractivity contribution in [2.24, 2.45) is 0 Å². The van der Waals surface area contributed by atoms with E-state index in [4.69, 9.17) is 0 Å². The van der Waals surface area contributed by atoms with Crippen molar-refractivity contribution >= 4 is 18.0 Å². The molecule has 2 aromatic carbocycles. The van der Waals surface area contributed by atoms with Crippen LogP contribution in [-0.2, 0) is 22.7 Å². The number of carboxylic acids is 2. The molecular weight excluding hydrogens is 336 g/mol. The van der Waals surface area contributed by atoms with Gasteiger partial charge in [-0.05, 0) is 11.1 Å². The number of amides is 2. The SMILES string of the molecule is O=C(O)C1C(C(=O)O)N(Cc2ccccc2)C(=O)N1Cc1ccccc1. The molecule has 2 unspecified atom stereocenters. The van der Waals surface area contributed by atoms with E-state index in [1.54, 1.807) is 48.5 Å². The number of urea groups is 1. The molecule has 0 saturated carbocycles. The van der Waals surface area contributed by atoms with Gasteiger partial charge < -0.3 is 20.0 Å². The highest BCUT2D eigenvalue weighted by molar-refractivity contribution is 5.96. The molecule has 0 bridgehead atoms. The Bertz CT molecular complexity index is 742. The Kier molecular flexibility index (Phi) is 4.88. The molecule has 0 radical (unpaired) electrons. The van der Waals surface area contributed by atoms with Gasteiger partial charge in [-0.25, -0.2) is 14.4 Å². The third-order valence-electron chi connectivity index (χ3n) is 4.36. The van der Waals surface area contributed by atoms with E-state index in [0.717, 1.165) is 20.9 Å². The first kappa shape index (κ1) is 17.5. The van der Waals surface area contributed by atoms with Gasteiger partial charge in [-0.2, -0.15) is 0 Å². The van der Waals surface area contributed by atoms with Crippen LogP contribution >= 0.6 is 0 Å². The minimum atomic E-state index is -1.45. The summed E-state index contributed by atoms with van der Waals surface area (Å²) in [6.07, 6.45) is 0. The lowest BCUT2D eigenvalue weighted by Gasteiger charge is -2.21. The molecule has 1 aliphatic heterocycles. The quantitative estimate of drug-likeness (QED) is 0.827. The minimum Gasteiger partial charge on any atom is -0.480 e. The lowest BCUT2D eigenvalue weighted by Crippen LogP contribution is -2.47. The van der Waals surface area contributed by atoms with Crippen LogP contribution in [0.15, 0.2) is 60.7 Å². The highest BCUT2D eigenvalue weighted by Gasteiger charge is 2.53. The number of hydrogen-bond acceptors (Lipinski definition) is 3. The van der Waals surface area contributed by atoms with Gasteiger partial charge in [0.2, 0.25) is 0 Å². The van der Waals surface area contributed by atoms with Gasteiger partial charge in [-0.1, -0.05) is 60.7 Å². The Morgan fingerprint density at radius 2 is 1.08 bits per heavy atom. The van der Waals surface area contributed by atoms with Gasteiger partial charge in [0, 0.05) is 13.1 Å². The van der Waals surface area contributed by atoms with Gasteiger partial charge in [0.05, 0.1) is 0 Å². The van der Waals surface area contributed by atoms with E-state index in [2.05, 4.69) is 0 Å². The van der Waals surface area contributed by atoms with Gasteiger partial charge in [0.15, 0.2) is 12.1 Å². The van der Waals surface area contributed by atoms with Crippen LogP contribution in [0.4, 0.5) is 4.79 Å². The average molecular weight is 354 g/mol. The maximum absolute atomic E-state index is 12.9. The van der Waals surface area contributed by atoms with E-state index in [9.17, 15) is 24.6 Å². The first-order valence-corrected chi connectivity index (χ1v) is 8.09. The van der Waals surface area contributed by atoms with Crippen LogP contribution in [0.3, 0.4) is 0 Å². The first-order valence-electron chi connectivity index (χ1n) is 8.09. The third-order valence-corrected chi connectivity index (χ3v) is 4.36. The molecule has 1 fully saturated rings. The summed E-state index contributed by atoms with van der Waals surface area (Å²) in [7, 11) is 0. The van der Waals surface area contributed by atoms with E-state index >= 15 is 0 Å².